The van der Waals surface area contributed by atoms with Crippen LogP contribution in [0.2, 0.25) is 0 Å². The first-order chi connectivity index (χ1) is 17.8. The van der Waals surface area contributed by atoms with Gasteiger partial charge in [0.15, 0.2) is 0 Å². The first-order valence-electron chi connectivity index (χ1n) is 12.7. The molecule has 1 aliphatic heterocycles. The van der Waals surface area contributed by atoms with E-state index in [1.165, 1.54) is 12.1 Å². The molecule has 3 aromatic rings. The third-order valence-corrected chi connectivity index (χ3v) is 6.88. The predicted octanol–water partition coefficient (Wildman–Crippen LogP) is 2.78. The summed E-state index contributed by atoms with van der Waals surface area (Å²) in [4.78, 5) is 31.4. The highest BCUT2D eigenvalue weighted by atomic mass is 19.1. The highest BCUT2D eigenvalue weighted by Gasteiger charge is 2.34. The maximum absolute atomic E-state index is 13.9. The van der Waals surface area contributed by atoms with Gasteiger partial charge in [-0.3, -0.25) is 14.5 Å². The Bertz CT molecular complexity index is 1210. The van der Waals surface area contributed by atoms with Gasteiger partial charge in [0.05, 0.1) is 18.7 Å². The Labute approximate surface area is 216 Å². The van der Waals surface area contributed by atoms with Crippen LogP contribution in [0.3, 0.4) is 0 Å². The first kappa shape index (κ1) is 26.7. The fourth-order valence-corrected chi connectivity index (χ4v) is 4.33. The minimum absolute atomic E-state index is 0.0776. The molecule has 9 nitrogen and oxygen atoms in total. The number of halogens is 1. The van der Waals surface area contributed by atoms with Crippen molar-refractivity contribution in [2.45, 2.75) is 45.3 Å². The molecule has 0 aliphatic carbocycles. The number of amides is 2. The maximum atomic E-state index is 13.9. The van der Waals surface area contributed by atoms with Crippen LogP contribution in [0.1, 0.15) is 38.8 Å². The zero-order valence-corrected chi connectivity index (χ0v) is 21.7. The first-order valence-corrected chi connectivity index (χ1v) is 12.7. The van der Waals surface area contributed by atoms with Crippen LogP contribution in [0.4, 0.5) is 4.39 Å². The van der Waals surface area contributed by atoms with E-state index in [0.717, 1.165) is 18.6 Å². The van der Waals surface area contributed by atoms with E-state index in [9.17, 15) is 14.0 Å². The van der Waals surface area contributed by atoms with Gasteiger partial charge in [-0.25, -0.2) is 9.07 Å². The number of carbonyl (C=O) groups is 2. The lowest BCUT2D eigenvalue weighted by atomic mass is 9.98. The average molecular weight is 511 g/mol. The van der Waals surface area contributed by atoms with Gasteiger partial charge in [0.25, 0.3) is 0 Å². The largest absolute Gasteiger partial charge is 0.379 e. The van der Waals surface area contributed by atoms with Crippen molar-refractivity contribution in [2.75, 3.05) is 39.4 Å². The smallest absolute Gasteiger partial charge is 0.247 e. The fourth-order valence-electron chi connectivity index (χ4n) is 4.33. The summed E-state index contributed by atoms with van der Waals surface area (Å²) in [5.41, 5.74) is 1.49. The molecule has 4 rings (SSSR count). The normalized spacial score (nSPS) is 15.5. The molecular formula is C27H35FN6O3. The van der Waals surface area contributed by atoms with Gasteiger partial charge in [0.1, 0.15) is 23.9 Å². The van der Waals surface area contributed by atoms with Crippen molar-refractivity contribution in [3.05, 3.63) is 59.9 Å². The number of fused-ring (bicyclic) bond motifs is 1. The molecule has 0 bridgehead atoms. The standard InChI is InChI=1S/C27H35FN6O3/c1-4-27(2,3)29-26(36)25(20-9-11-21(28)12-10-20)33(14-13-32-15-17-37-18-16-32)24(35)19-34-23-8-6-5-7-22(23)30-31-34/h5-12,25H,4,13-19H2,1-3H3,(H,29,36). The van der Waals surface area contributed by atoms with Crippen LogP contribution < -0.4 is 5.32 Å². The van der Waals surface area contributed by atoms with Crippen molar-refractivity contribution < 1.29 is 18.7 Å². The number of nitrogens with zero attached hydrogens (tertiary/aromatic N) is 5. The second kappa shape index (κ2) is 11.8. The SMILES string of the molecule is CCC(C)(C)NC(=O)C(c1ccc(F)cc1)N(CCN1CCOCC1)C(=O)Cn1nnc2ccccc21. The van der Waals surface area contributed by atoms with Crippen molar-refractivity contribution in [2.24, 2.45) is 0 Å². The molecule has 1 aromatic heterocycles. The molecule has 1 N–H and O–H groups in total. The van der Waals surface area contributed by atoms with E-state index >= 15 is 0 Å². The topological polar surface area (TPSA) is 92.6 Å². The van der Waals surface area contributed by atoms with Gasteiger partial charge in [-0.05, 0) is 50.1 Å². The number of aromatic nitrogens is 3. The number of hydrogen-bond donors (Lipinski definition) is 1. The molecule has 37 heavy (non-hydrogen) atoms. The summed E-state index contributed by atoms with van der Waals surface area (Å²) in [6, 6.07) is 12.3. The molecule has 1 atom stereocenters. The van der Waals surface area contributed by atoms with E-state index in [1.54, 1.807) is 21.7 Å². The molecule has 1 unspecified atom stereocenters. The Hall–Kier alpha value is -3.37. The van der Waals surface area contributed by atoms with Crippen LogP contribution in [0, 0.1) is 5.82 Å². The Kier molecular flexibility index (Phi) is 8.50. The second-order valence-electron chi connectivity index (χ2n) is 9.96. The fraction of sp³-hybridized carbons (Fsp3) is 0.481. The molecule has 0 radical (unpaired) electrons. The number of para-hydroxylation sites is 1. The Balaban J connectivity index is 1.67. The molecule has 10 heteroatoms. The third kappa shape index (κ3) is 6.69. The van der Waals surface area contributed by atoms with Gasteiger partial charge in [0, 0.05) is 31.7 Å². The van der Waals surface area contributed by atoms with Crippen LogP contribution >= 0.6 is 0 Å². The summed E-state index contributed by atoms with van der Waals surface area (Å²) in [5.74, 6) is -0.989. The second-order valence-corrected chi connectivity index (χ2v) is 9.96. The maximum Gasteiger partial charge on any atom is 0.247 e. The number of ether oxygens (including phenoxy) is 1. The average Bonchev–Trinajstić information content (AvgIpc) is 3.30. The zero-order chi connectivity index (χ0) is 26.4. The van der Waals surface area contributed by atoms with E-state index in [4.69, 9.17) is 4.74 Å². The van der Waals surface area contributed by atoms with Gasteiger partial charge in [-0.15, -0.1) is 5.10 Å². The molecule has 2 heterocycles. The number of nitrogens with one attached hydrogen (secondary N) is 1. The minimum atomic E-state index is -0.935. The molecule has 1 fully saturated rings. The molecule has 2 amide bonds. The number of rotatable bonds is 10. The summed E-state index contributed by atoms with van der Waals surface area (Å²) < 4.78 is 20.8. The molecule has 1 aliphatic rings. The van der Waals surface area contributed by atoms with Crippen molar-refractivity contribution in [1.82, 2.24) is 30.1 Å². The van der Waals surface area contributed by atoms with Gasteiger partial charge < -0.3 is 15.0 Å². The minimum Gasteiger partial charge on any atom is -0.379 e. The third-order valence-electron chi connectivity index (χ3n) is 6.88. The number of hydrogen-bond acceptors (Lipinski definition) is 6. The van der Waals surface area contributed by atoms with Gasteiger partial charge >= 0.3 is 0 Å². The molecular weight excluding hydrogens is 475 g/mol. The number of carbonyl (C=O) groups excluding carboxylic acids is 2. The number of benzene rings is 2. The Morgan fingerprint density at radius 3 is 2.54 bits per heavy atom. The molecule has 1 saturated heterocycles. The molecule has 0 saturated carbocycles. The van der Waals surface area contributed by atoms with E-state index in [2.05, 4.69) is 20.5 Å². The van der Waals surface area contributed by atoms with E-state index < -0.39 is 17.4 Å². The van der Waals surface area contributed by atoms with Crippen molar-refractivity contribution in [3.8, 4) is 0 Å². The molecule has 2 aromatic carbocycles. The van der Waals surface area contributed by atoms with Gasteiger partial charge in [-0.1, -0.05) is 36.4 Å². The van der Waals surface area contributed by atoms with Crippen LogP contribution in [0.15, 0.2) is 48.5 Å². The van der Waals surface area contributed by atoms with E-state index in [-0.39, 0.29) is 18.4 Å². The lowest BCUT2D eigenvalue weighted by Gasteiger charge is -2.36. The van der Waals surface area contributed by atoms with Gasteiger partial charge in [0.2, 0.25) is 11.8 Å². The quantitative estimate of drug-likeness (QED) is 0.451. The Morgan fingerprint density at radius 1 is 1.14 bits per heavy atom. The van der Waals surface area contributed by atoms with Crippen molar-refractivity contribution >= 4 is 22.8 Å². The summed E-state index contributed by atoms with van der Waals surface area (Å²) in [5, 5.41) is 11.4. The monoisotopic (exact) mass is 510 g/mol. The molecule has 0 spiro atoms. The van der Waals surface area contributed by atoms with E-state index in [0.29, 0.717) is 43.8 Å². The van der Waals surface area contributed by atoms with Gasteiger partial charge in [-0.2, -0.15) is 0 Å². The van der Waals surface area contributed by atoms with Crippen LogP contribution in [-0.2, 0) is 20.9 Å². The van der Waals surface area contributed by atoms with Crippen LogP contribution in [0.25, 0.3) is 11.0 Å². The zero-order valence-electron chi connectivity index (χ0n) is 21.7. The lowest BCUT2D eigenvalue weighted by Crippen LogP contribution is -2.52. The summed E-state index contributed by atoms with van der Waals surface area (Å²) in [7, 11) is 0. The summed E-state index contributed by atoms with van der Waals surface area (Å²) in [6.07, 6.45) is 0.710. The van der Waals surface area contributed by atoms with Crippen LogP contribution in [-0.4, -0.2) is 81.5 Å². The van der Waals surface area contributed by atoms with Crippen molar-refractivity contribution in [3.63, 3.8) is 0 Å². The lowest BCUT2D eigenvalue weighted by molar-refractivity contribution is -0.142. The summed E-state index contributed by atoms with van der Waals surface area (Å²) in [6.45, 7) is 9.45. The van der Waals surface area contributed by atoms with Crippen LogP contribution in [0.5, 0.6) is 0 Å². The highest BCUT2D eigenvalue weighted by Crippen LogP contribution is 2.25. The van der Waals surface area contributed by atoms with Crippen molar-refractivity contribution in [1.29, 1.82) is 0 Å². The number of morpholine rings is 1. The highest BCUT2D eigenvalue weighted by molar-refractivity contribution is 5.89. The Morgan fingerprint density at radius 2 is 1.84 bits per heavy atom. The summed E-state index contributed by atoms with van der Waals surface area (Å²) >= 11 is 0. The molecule has 198 valence electrons. The predicted molar refractivity (Wildman–Crippen MR) is 138 cm³/mol. The van der Waals surface area contributed by atoms with E-state index in [1.807, 2.05) is 45.0 Å².